The van der Waals surface area contributed by atoms with E-state index >= 15 is 0 Å². The molecule has 1 aromatic heterocycles. The minimum absolute atomic E-state index is 0.0274. The van der Waals surface area contributed by atoms with Gasteiger partial charge in [0.2, 0.25) is 5.43 Å². The molecule has 0 amide bonds. The highest BCUT2D eigenvalue weighted by atomic mass is 32.2. The molecule has 5 nitrogen and oxygen atoms in total. The third-order valence-corrected chi connectivity index (χ3v) is 5.45. The van der Waals surface area contributed by atoms with Crippen LogP contribution in [0.1, 0.15) is 31.1 Å². The topological polar surface area (TPSA) is 90.6 Å². The first-order valence-electron chi connectivity index (χ1n) is 7.34. The molecular formula is C18H16O5S. The van der Waals surface area contributed by atoms with Crippen LogP contribution in [-0.2, 0) is 11.2 Å². The van der Waals surface area contributed by atoms with Gasteiger partial charge in [-0.1, -0.05) is 0 Å². The van der Waals surface area contributed by atoms with Gasteiger partial charge in [0.1, 0.15) is 15.9 Å². The molecule has 3 aromatic rings. The summed E-state index contributed by atoms with van der Waals surface area (Å²) in [4.78, 5) is 24.3. The largest absolute Gasteiger partial charge is 0.611 e. The van der Waals surface area contributed by atoms with E-state index in [0.29, 0.717) is 21.4 Å². The molecule has 6 heteroatoms. The number of benzene rings is 2. The Morgan fingerprint density at radius 3 is 2.42 bits per heavy atom. The average molecular weight is 344 g/mol. The van der Waals surface area contributed by atoms with E-state index in [9.17, 15) is 14.1 Å². The van der Waals surface area contributed by atoms with E-state index in [-0.39, 0.29) is 16.4 Å². The molecule has 0 spiro atoms. The van der Waals surface area contributed by atoms with Gasteiger partial charge in [-0.25, -0.2) is 4.79 Å². The molecular weight excluding hydrogens is 328 g/mol. The molecule has 1 unspecified atom stereocenters. The van der Waals surface area contributed by atoms with Gasteiger partial charge in [-0.3, -0.25) is 4.79 Å². The molecule has 1 heterocycles. The zero-order chi connectivity index (χ0) is 17.6. The minimum atomic E-state index is -1.25. The third-order valence-electron chi connectivity index (χ3n) is 3.66. The van der Waals surface area contributed by atoms with E-state index in [0.717, 1.165) is 0 Å². The molecule has 0 radical (unpaired) electrons. The molecule has 0 aliphatic heterocycles. The van der Waals surface area contributed by atoms with Crippen LogP contribution < -0.4 is 5.43 Å². The minimum Gasteiger partial charge on any atom is -0.611 e. The van der Waals surface area contributed by atoms with Gasteiger partial charge < -0.3 is 14.1 Å². The highest BCUT2D eigenvalue weighted by Crippen LogP contribution is 2.28. The fourth-order valence-electron chi connectivity index (χ4n) is 2.44. The van der Waals surface area contributed by atoms with Crippen molar-refractivity contribution < 1.29 is 18.9 Å². The maximum Gasteiger partial charge on any atom is 0.335 e. The summed E-state index contributed by atoms with van der Waals surface area (Å²) in [6.45, 7) is 5.62. The van der Waals surface area contributed by atoms with Crippen LogP contribution in [-0.4, -0.2) is 20.4 Å². The van der Waals surface area contributed by atoms with Crippen molar-refractivity contribution in [3.05, 3.63) is 52.2 Å². The van der Waals surface area contributed by atoms with E-state index in [1.165, 1.54) is 18.2 Å². The summed E-state index contributed by atoms with van der Waals surface area (Å²) in [6, 6.07) is 9.00. The standard InChI is InChI=1S/C18H16O5S/c1-18(2,3)24(22)11-5-6-12-15(9-11)23-14-7-4-10(17(20)21)8-13(14)16(12)19/h4-9H,1-3H3,(H,20,21). The summed E-state index contributed by atoms with van der Waals surface area (Å²) in [7, 11) is 0. The van der Waals surface area contributed by atoms with Crippen molar-refractivity contribution in [3.8, 4) is 0 Å². The van der Waals surface area contributed by atoms with E-state index < -0.39 is 21.9 Å². The van der Waals surface area contributed by atoms with Crippen molar-refractivity contribution in [2.45, 2.75) is 30.4 Å². The summed E-state index contributed by atoms with van der Waals surface area (Å²) in [5.74, 6) is -1.10. The number of aromatic carboxylic acids is 1. The Morgan fingerprint density at radius 2 is 1.79 bits per heavy atom. The monoisotopic (exact) mass is 344 g/mol. The van der Waals surface area contributed by atoms with Crippen molar-refractivity contribution in [2.24, 2.45) is 0 Å². The molecule has 0 aliphatic rings. The Balaban J connectivity index is 2.26. The molecule has 0 fully saturated rings. The maximum absolute atomic E-state index is 12.6. The van der Waals surface area contributed by atoms with E-state index in [4.69, 9.17) is 9.52 Å². The zero-order valence-corrected chi connectivity index (χ0v) is 14.3. The van der Waals surface area contributed by atoms with E-state index in [1.807, 2.05) is 20.8 Å². The van der Waals surface area contributed by atoms with Crippen LogP contribution >= 0.6 is 0 Å². The number of hydrogen-bond acceptors (Lipinski definition) is 4. The summed E-state index contributed by atoms with van der Waals surface area (Å²) in [6.07, 6.45) is 0. The third kappa shape index (κ3) is 2.79. The van der Waals surface area contributed by atoms with E-state index in [2.05, 4.69) is 0 Å². The van der Waals surface area contributed by atoms with Crippen molar-refractivity contribution in [1.82, 2.24) is 0 Å². The summed E-state index contributed by atoms with van der Waals surface area (Å²) >= 11 is -1.25. The molecule has 124 valence electrons. The van der Waals surface area contributed by atoms with Crippen LogP contribution in [0.25, 0.3) is 21.9 Å². The van der Waals surface area contributed by atoms with Gasteiger partial charge in [-0.2, -0.15) is 0 Å². The lowest BCUT2D eigenvalue weighted by atomic mass is 10.1. The fourth-order valence-corrected chi connectivity index (χ4v) is 3.55. The van der Waals surface area contributed by atoms with Crippen LogP contribution in [0.15, 0.2) is 50.5 Å². The Hall–Kier alpha value is -2.31. The molecule has 0 saturated heterocycles. The predicted octanol–water partition coefficient (Wildman–Crippen LogP) is 3.55. The van der Waals surface area contributed by atoms with Crippen LogP contribution in [0.2, 0.25) is 0 Å². The van der Waals surface area contributed by atoms with Gasteiger partial charge in [0.25, 0.3) is 0 Å². The lowest BCUT2D eigenvalue weighted by molar-refractivity contribution is 0.0697. The molecule has 3 rings (SSSR count). The molecule has 24 heavy (non-hydrogen) atoms. The smallest absolute Gasteiger partial charge is 0.335 e. The van der Waals surface area contributed by atoms with Gasteiger partial charge in [0.15, 0.2) is 4.90 Å². The number of rotatable bonds is 2. The number of carboxylic acid groups (broad SMARTS) is 1. The second kappa shape index (κ2) is 5.65. The molecule has 0 bridgehead atoms. The van der Waals surface area contributed by atoms with Gasteiger partial charge in [-0.05, 0) is 62.3 Å². The van der Waals surface area contributed by atoms with Crippen molar-refractivity contribution in [3.63, 3.8) is 0 Å². The van der Waals surface area contributed by atoms with Crippen molar-refractivity contribution in [2.75, 3.05) is 0 Å². The highest BCUT2D eigenvalue weighted by Gasteiger charge is 2.28. The van der Waals surface area contributed by atoms with E-state index in [1.54, 1.807) is 18.2 Å². The first kappa shape index (κ1) is 16.5. The predicted molar refractivity (Wildman–Crippen MR) is 93.1 cm³/mol. The number of carbonyl (C=O) groups is 1. The highest BCUT2D eigenvalue weighted by molar-refractivity contribution is 7.92. The van der Waals surface area contributed by atoms with Gasteiger partial charge in [0, 0.05) is 6.07 Å². The quantitative estimate of drug-likeness (QED) is 0.567. The number of fused-ring (bicyclic) bond motifs is 2. The molecule has 2 aromatic carbocycles. The SMILES string of the molecule is CC(C)(C)[S+]([O-])c1ccc2c(=O)c3cc(C(=O)O)ccc3oc2c1. The second-order valence-electron chi connectivity index (χ2n) is 6.49. The normalized spacial score (nSPS) is 13.3. The Morgan fingerprint density at radius 1 is 1.08 bits per heavy atom. The van der Waals surface area contributed by atoms with Gasteiger partial charge >= 0.3 is 5.97 Å². The van der Waals surface area contributed by atoms with Gasteiger partial charge in [0.05, 0.1) is 16.3 Å². The fraction of sp³-hybridized carbons (Fsp3) is 0.222. The van der Waals surface area contributed by atoms with Crippen molar-refractivity contribution in [1.29, 1.82) is 0 Å². The lowest BCUT2D eigenvalue weighted by Crippen LogP contribution is -2.27. The number of hydrogen-bond donors (Lipinski definition) is 1. The van der Waals surface area contributed by atoms with Crippen LogP contribution in [0.5, 0.6) is 0 Å². The molecule has 0 saturated carbocycles. The number of carboxylic acids is 1. The Bertz CT molecular complexity index is 1010. The maximum atomic E-state index is 12.6. The Labute approximate surface area is 141 Å². The summed E-state index contributed by atoms with van der Waals surface area (Å²) < 4.78 is 17.8. The summed E-state index contributed by atoms with van der Waals surface area (Å²) in [5.41, 5.74) is 0.365. The van der Waals surface area contributed by atoms with Gasteiger partial charge in [-0.15, -0.1) is 0 Å². The van der Waals surface area contributed by atoms with Crippen LogP contribution in [0.3, 0.4) is 0 Å². The second-order valence-corrected chi connectivity index (χ2v) is 8.72. The molecule has 1 atom stereocenters. The van der Waals surface area contributed by atoms with Crippen molar-refractivity contribution >= 4 is 39.1 Å². The first-order chi connectivity index (χ1) is 11.2. The van der Waals surface area contributed by atoms with Crippen LogP contribution in [0.4, 0.5) is 0 Å². The first-order valence-corrected chi connectivity index (χ1v) is 8.49. The Kier molecular flexibility index (Phi) is 3.89. The zero-order valence-electron chi connectivity index (χ0n) is 13.5. The molecule has 1 N–H and O–H groups in total. The van der Waals surface area contributed by atoms with Crippen LogP contribution in [0, 0.1) is 0 Å². The lowest BCUT2D eigenvalue weighted by Gasteiger charge is -2.23. The average Bonchev–Trinajstić information content (AvgIpc) is 2.52. The summed E-state index contributed by atoms with van der Waals surface area (Å²) in [5, 5.41) is 9.60. The molecule has 0 aliphatic carbocycles.